The number of halogens is 1. The molecule has 2 N–H and O–H groups in total. The van der Waals surface area contributed by atoms with Gasteiger partial charge in [0.1, 0.15) is 0 Å². The summed E-state index contributed by atoms with van der Waals surface area (Å²) in [5.41, 5.74) is 0.0812. The summed E-state index contributed by atoms with van der Waals surface area (Å²) >= 11 is 0. The quantitative estimate of drug-likeness (QED) is 0.816. The molecule has 0 bridgehead atoms. The maximum absolute atomic E-state index is 12.2. The Morgan fingerprint density at radius 1 is 1.20 bits per heavy atom. The smallest absolute Gasteiger partial charge is 0.211 e. The lowest BCUT2D eigenvalue weighted by Crippen LogP contribution is -2.46. The Bertz CT molecular complexity index is 375. The highest BCUT2D eigenvalue weighted by molar-refractivity contribution is 7.89. The van der Waals surface area contributed by atoms with Crippen molar-refractivity contribution in [2.24, 2.45) is 11.3 Å². The van der Waals surface area contributed by atoms with Gasteiger partial charge in [-0.2, -0.15) is 0 Å². The van der Waals surface area contributed by atoms with E-state index in [0.717, 1.165) is 38.8 Å². The lowest BCUT2D eigenvalue weighted by atomic mass is 9.83. The fourth-order valence-corrected chi connectivity index (χ4v) is 4.92. The van der Waals surface area contributed by atoms with Gasteiger partial charge in [0.25, 0.3) is 0 Å². The number of hydrogen-bond donors (Lipinski definition) is 2. The molecule has 4 nitrogen and oxygen atoms in total. The molecule has 0 aromatic carbocycles. The van der Waals surface area contributed by atoms with Crippen molar-refractivity contribution in [2.75, 3.05) is 25.4 Å². The fraction of sp³-hybridized carbons (Fsp3) is 1.00. The van der Waals surface area contributed by atoms with Crippen LogP contribution in [0.15, 0.2) is 0 Å². The molecule has 6 heteroatoms. The third-order valence-corrected chi connectivity index (χ3v) is 6.08. The molecule has 2 aliphatic rings. The number of piperidine rings is 1. The summed E-state index contributed by atoms with van der Waals surface area (Å²) in [6, 6.07) is 0. The Hall–Kier alpha value is 0.160. The summed E-state index contributed by atoms with van der Waals surface area (Å²) in [6.07, 6.45) is 8.07. The first-order valence-corrected chi connectivity index (χ1v) is 9.32. The minimum absolute atomic E-state index is 0. The van der Waals surface area contributed by atoms with E-state index in [1.807, 2.05) is 0 Å². The molecule has 1 heterocycles. The highest BCUT2D eigenvalue weighted by Crippen LogP contribution is 2.26. The monoisotopic (exact) mass is 324 g/mol. The number of rotatable bonds is 5. The highest BCUT2D eigenvalue weighted by atomic mass is 35.5. The second-order valence-electron chi connectivity index (χ2n) is 6.70. The van der Waals surface area contributed by atoms with Crippen LogP contribution in [0.4, 0.5) is 0 Å². The summed E-state index contributed by atoms with van der Waals surface area (Å²) in [7, 11) is -3.10. The van der Waals surface area contributed by atoms with E-state index >= 15 is 0 Å². The molecule has 20 heavy (non-hydrogen) atoms. The van der Waals surface area contributed by atoms with E-state index < -0.39 is 10.0 Å². The zero-order valence-electron chi connectivity index (χ0n) is 12.5. The van der Waals surface area contributed by atoms with Crippen molar-refractivity contribution >= 4 is 22.4 Å². The summed E-state index contributed by atoms with van der Waals surface area (Å²) in [4.78, 5) is 0. The van der Waals surface area contributed by atoms with Gasteiger partial charge < -0.3 is 5.32 Å². The molecule has 0 aromatic heterocycles. The van der Waals surface area contributed by atoms with Crippen molar-refractivity contribution in [3.63, 3.8) is 0 Å². The second-order valence-corrected chi connectivity index (χ2v) is 8.55. The first-order chi connectivity index (χ1) is 8.99. The Morgan fingerprint density at radius 2 is 1.90 bits per heavy atom. The van der Waals surface area contributed by atoms with Crippen LogP contribution >= 0.6 is 12.4 Å². The molecular formula is C14H29ClN2O2S. The first kappa shape index (κ1) is 18.2. The summed E-state index contributed by atoms with van der Waals surface area (Å²) in [6.45, 7) is 4.72. The van der Waals surface area contributed by atoms with E-state index in [2.05, 4.69) is 17.0 Å². The topological polar surface area (TPSA) is 58.2 Å². The molecule has 1 saturated carbocycles. The van der Waals surface area contributed by atoms with E-state index in [1.54, 1.807) is 0 Å². The van der Waals surface area contributed by atoms with Crippen LogP contribution in [0.2, 0.25) is 0 Å². The van der Waals surface area contributed by atoms with Gasteiger partial charge in [0.05, 0.1) is 5.75 Å². The van der Waals surface area contributed by atoms with Crippen molar-refractivity contribution < 1.29 is 8.42 Å². The molecule has 1 aliphatic carbocycles. The van der Waals surface area contributed by atoms with Crippen LogP contribution in [-0.4, -0.2) is 33.8 Å². The Kier molecular flexibility index (Phi) is 7.25. The van der Waals surface area contributed by atoms with Crippen LogP contribution in [0.5, 0.6) is 0 Å². The second kappa shape index (κ2) is 7.97. The standard InChI is InChI=1S/C14H28N2O2S.ClH/c1-14(8-5-9-15-11-14)12-16-19(17,18)10-13-6-3-2-4-7-13;/h13,15-16H,2-12H2,1H3;1H. The van der Waals surface area contributed by atoms with Gasteiger partial charge in [0.15, 0.2) is 0 Å². The lowest BCUT2D eigenvalue weighted by Gasteiger charge is -2.34. The predicted octanol–water partition coefficient (Wildman–Crippen LogP) is 2.30. The van der Waals surface area contributed by atoms with E-state index in [4.69, 9.17) is 0 Å². The molecule has 1 saturated heterocycles. The Morgan fingerprint density at radius 3 is 2.50 bits per heavy atom. The number of sulfonamides is 1. The molecule has 1 atom stereocenters. The lowest BCUT2D eigenvalue weighted by molar-refractivity contribution is 0.238. The van der Waals surface area contributed by atoms with Crippen LogP contribution in [0.3, 0.4) is 0 Å². The minimum atomic E-state index is -3.10. The van der Waals surface area contributed by atoms with Crippen molar-refractivity contribution in [3.05, 3.63) is 0 Å². The third-order valence-electron chi connectivity index (χ3n) is 4.58. The van der Waals surface area contributed by atoms with Crippen molar-refractivity contribution in [3.8, 4) is 0 Å². The van der Waals surface area contributed by atoms with Gasteiger partial charge >= 0.3 is 0 Å². The van der Waals surface area contributed by atoms with Gasteiger partial charge in [-0.15, -0.1) is 12.4 Å². The highest BCUT2D eigenvalue weighted by Gasteiger charge is 2.29. The zero-order chi connectivity index (χ0) is 13.8. The van der Waals surface area contributed by atoms with Crippen LogP contribution < -0.4 is 10.0 Å². The van der Waals surface area contributed by atoms with E-state index in [-0.39, 0.29) is 17.8 Å². The van der Waals surface area contributed by atoms with Crippen LogP contribution in [0.1, 0.15) is 51.9 Å². The maximum atomic E-state index is 12.2. The Balaban J connectivity index is 0.00000200. The molecular weight excluding hydrogens is 296 g/mol. The molecule has 0 radical (unpaired) electrons. The van der Waals surface area contributed by atoms with Gasteiger partial charge in [-0.25, -0.2) is 13.1 Å². The molecule has 0 spiro atoms. The van der Waals surface area contributed by atoms with E-state index in [1.165, 1.54) is 19.3 Å². The van der Waals surface area contributed by atoms with Crippen LogP contribution in [0.25, 0.3) is 0 Å². The normalized spacial score (nSPS) is 28.9. The third kappa shape index (κ3) is 5.88. The molecule has 0 aromatic rings. The van der Waals surface area contributed by atoms with Gasteiger partial charge in [-0.3, -0.25) is 0 Å². The number of nitrogens with one attached hydrogen (secondary N) is 2. The zero-order valence-corrected chi connectivity index (χ0v) is 14.1. The van der Waals surface area contributed by atoms with Crippen molar-refractivity contribution in [1.29, 1.82) is 0 Å². The summed E-state index contributed by atoms with van der Waals surface area (Å²) < 4.78 is 27.2. The van der Waals surface area contributed by atoms with Crippen molar-refractivity contribution in [1.82, 2.24) is 10.0 Å². The number of hydrogen-bond acceptors (Lipinski definition) is 3. The molecule has 1 aliphatic heterocycles. The SMILES string of the molecule is CC1(CNS(=O)(=O)CC2CCCCC2)CCCNC1.Cl. The van der Waals surface area contributed by atoms with Gasteiger partial charge in [-0.05, 0) is 43.6 Å². The fourth-order valence-electron chi connectivity index (χ4n) is 3.28. The van der Waals surface area contributed by atoms with Crippen LogP contribution in [0, 0.1) is 11.3 Å². The maximum Gasteiger partial charge on any atom is 0.211 e. The average molecular weight is 325 g/mol. The van der Waals surface area contributed by atoms with Crippen molar-refractivity contribution in [2.45, 2.75) is 51.9 Å². The van der Waals surface area contributed by atoms with E-state index in [9.17, 15) is 8.42 Å². The molecule has 2 fully saturated rings. The first-order valence-electron chi connectivity index (χ1n) is 7.67. The molecule has 2 rings (SSSR count). The average Bonchev–Trinajstić information content (AvgIpc) is 2.38. The molecule has 1 unspecified atom stereocenters. The minimum Gasteiger partial charge on any atom is -0.316 e. The van der Waals surface area contributed by atoms with Crippen LogP contribution in [-0.2, 0) is 10.0 Å². The summed E-state index contributed by atoms with van der Waals surface area (Å²) in [5.74, 6) is 0.708. The predicted molar refractivity (Wildman–Crippen MR) is 85.8 cm³/mol. The van der Waals surface area contributed by atoms with E-state index in [0.29, 0.717) is 18.2 Å². The largest absolute Gasteiger partial charge is 0.316 e. The molecule has 120 valence electrons. The van der Waals surface area contributed by atoms with Gasteiger partial charge in [-0.1, -0.05) is 26.2 Å². The Labute approximate surface area is 129 Å². The summed E-state index contributed by atoms with van der Waals surface area (Å²) in [5, 5.41) is 3.36. The van der Waals surface area contributed by atoms with Gasteiger partial charge in [0, 0.05) is 13.1 Å². The van der Waals surface area contributed by atoms with Gasteiger partial charge in [0.2, 0.25) is 10.0 Å². The molecule has 0 amide bonds.